The van der Waals surface area contributed by atoms with Crippen molar-refractivity contribution in [3.05, 3.63) is 76.2 Å². The highest BCUT2D eigenvalue weighted by Crippen LogP contribution is 2.34. The van der Waals surface area contributed by atoms with E-state index in [4.69, 9.17) is 32.7 Å². The van der Waals surface area contributed by atoms with Crippen LogP contribution in [0, 0.1) is 0 Å². The molecule has 1 aromatic carbocycles. The Morgan fingerprint density at radius 1 is 1.00 bits per heavy atom. The Balaban J connectivity index is 1.20. The summed E-state index contributed by atoms with van der Waals surface area (Å²) in [6, 6.07) is 5.65. The molecule has 1 aromatic rings. The van der Waals surface area contributed by atoms with Crippen molar-refractivity contribution in [1.29, 1.82) is 0 Å². The van der Waals surface area contributed by atoms with E-state index in [0.717, 1.165) is 77.9 Å². The van der Waals surface area contributed by atoms with E-state index in [-0.39, 0.29) is 0 Å². The number of hydrogen-bond acceptors (Lipinski definition) is 5. The summed E-state index contributed by atoms with van der Waals surface area (Å²) in [7, 11) is 0. The van der Waals surface area contributed by atoms with Gasteiger partial charge in [-0.3, -0.25) is 4.90 Å². The molecule has 2 aliphatic heterocycles. The fraction of sp³-hybridized carbons (Fsp3) is 0.364. The molecule has 29 heavy (non-hydrogen) atoms. The topological polar surface area (TPSA) is 24.9 Å². The first-order valence-corrected chi connectivity index (χ1v) is 11.6. The fourth-order valence-electron chi connectivity index (χ4n) is 3.48. The minimum Gasteiger partial charge on any atom is -0.456 e. The summed E-state index contributed by atoms with van der Waals surface area (Å²) in [5.74, 6) is 2.56. The molecule has 1 aliphatic carbocycles. The Morgan fingerprint density at radius 3 is 2.45 bits per heavy atom. The number of thioether (sulfide) groups is 1. The average Bonchev–Trinajstić information content (AvgIpc) is 2.77. The highest BCUT2D eigenvalue weighted by atomic mass is 35.5. The molecule has 4 nitrogen and oxygen atoms in total. The molecular formula is C22H24Cl2N2O2S. The number of halogens is 2. The third kappa shape index (κ3) is 5.34. The third-order valence-corrected chi connectivity index (χ3v) is 7.13. The van der Waals surface area contributed by atoms with Crippen molar-refractivity contribution in [1.82, 2.24) is 9.80 Å². The Kier molecular flexibility index (Phi) is 7.14. The number of piperazine rings is 1. The van der Waals surface area contributed by atoms with Crippen LogP contribution in [0.4, 0.5) is 0 Å². The molecule has 0 aromatic heterocycles. The molecule has 7 heteroatoms. The van der Waals surface area contributed by atoms with Crippen LogP contribution in [0.2, 0.25) is 10.0 Å². The van der Waals surface area contributed by atoms with Crippen molar-refractivity contribution < 1.29 is 9.47 Å². The lowest BCUT2D eigenvalue weighted by Crippen LogP contribution is -2.46. The van der Waals surface area contributed by atoms with Crippen LogP contribution in [-0.2, 0) is 9.47 Å². The third-order valence-electron chi connectivity index (χ3n) is 5.16. The lowest BCUT2D eigenvalue weighted by molar-refractivity contribution is 0.0872. The highest BCUT2D eigenvalue weighted by molar-refractivity contribution is 7.99. The summed E-state index contributed by atoms with van der Waals surface area (Å²) in [5.41, 5.74) is 1.18. The van der Waals surface area contributed by atoms with Gasteiger partial charge in [0.05, 0.1) is 10.0 Å². The van der Waals surface area contributed by atoms with Crippen LogP contribution in [0.25, 0.3) is 0 Å². The van der Waals surface area contributed by atoms with E-state index < -0.39 is 0 Å². The molecule has 4 rings (SSSR count). The van der Waals surface area contributed by atoms with Gasteiger partial charge in [0.2, 0.25) is 5.88 Å². The van der Waals surface area contributed by atoms with Crippen LogP contribution < -0.4 is 0 Å². The van der Waals surface area contributed by atoms with Gasteiger partial charge in [-0.05, 0) is 30.5 Å². The van der Waals surface area contributed by atoms with Crippen molar-refractivity contribution in [2.24, 2.45) is 0 Å². The fourth-order valence-corrected chi connectivity index (χ4v) is 5.17. The lowest BCUT2D eigenvalue weighted by Gasteiger charge is -2.36. The molecule has 0 bridgehead atoms. The lowest BCUT2D eigenvalue weighted by atomic mass is 10.0. The van der Waals surface area contributed by atoms with Gasteiger partial charge in [-0.1, -0.05) is 47.5 Å². The zero-order valence-corrected chi connectivity index (χ0v) is 18.5. The number of hydrogen-bond donors (Lipinski definition) is 0. The summed E-state index contributed by atoms with van der Waals surface area (Å²) in [6.07, 6.45) is 11.8. The SMILES string of the molecule is Clc1cccc(Cl)c1SCCN1CCN(C2=COC(C3=CC=CCC3)=CO2)CC1. The predicted molar refractivity (Wildman–Crippen MR) is 120 cm³/mol. The van der Waals surface area contributed by atoms with Crippen LogP contribution in [0.15, 0.2) is 71.1 Å². The quantitative estimate of drug-likeness (QED) is 0.520. The molecule has 1 saturated heterocycles. The van der Waals surface area contributed by atoms with Gasteiger partial charge in [0, 0.05) is 43.4 Å². The molecule has 154 valence electrons. The minimum atomic E-state index is 0.723. The molecule has 0 N–H and O–H groups in total. The monoisotopic (exact) mass is 450 g/mol. The number of ether oxygens (including phenoxy) is 2. The number of allylic oxidation sites excluding steroid dienone is 4. The average molecular weight is 451 g/mol. The summed E-state index contributed by atoms with van der Waals surface area (Å²) in [6.45, 7) is 4.82. The summed E-state index contributed by atoms with van der Waals surface area (Å²) in [5, 5.41) is 1.45. The summed E-state index contributed by atoms with van der Waals surface area (Å²) in [4.78, 5) is 5.66. The predicted octanol–water partition coefficient (Wildman–Crippen LogP) is 5.67. The molecule has 0 radical (unpaired) electrons. The van der Waals surface area contributed by atoms with E-state index in [2.05, 4.69) is 28.0 Å². The smallest absolute Gasteiger partial charge is 0.231 e. The second-order valence-corrected chi connectivity index (χ2v) is 8.98. The molecule has 0 spiro atoms. The zero-order chi connectivity index (χ0) is 20.1. The maximum atomic E-state index is 6.25. The van der Waals surface area contributed by atoms with Crippen LogP contribution in [0.5, 0.6) is 0 Å². The minimum absolute atomic E-state index is 0.723. The van der Waals surface area contributed by atoms with Gasteiger partial charge in [0.1, 0.15) is 6.26 Å². The Labute approximate surface area is 186 Å². The van der Waals surface area contributed by atoms with E-state index >= 15 is 0 Å². The molecule has 2 heterocycles. The second kappa shape index (κ2) is 9.98. The van der Waals surface area contributed by atoms with Crippen molar-refractivity contribution in [3.63, 3.8) is 0 Å². The maximum Gasteiger partial charge on any atom is 0.231 e. The van der Waals surface area contributed by atoms with Crippen LogP contribution in [-0.4, -0.2) is 48.3 Å². The molecule has 1 fully saturated rings. The van der Waals surface area contributed by atoms with Gasteiger partial charge < -0.3 is 14.4 Å². The van der Waals surface area contributed by atoms with Crippen LogP contribution in [0.1, 0.15) is 12.8 Å². The van der Waals surface area contributed by atoms with E-state index in [0.29, 0.717) is 0 Å². The van der Waals surface area contributed by atoms with Crippen molar-refractivity contribution in [3.8, 4) is 0 Å². The summed E-state index contributed by atoms with van der Waals surface area (Å²) >= 11 is 14.2. The standard InChI is InChI=1S/C22H24Cl2N2O2S/c23-18-7-4-8-19(24)22(18)29-14-13-25-9-11-26(12-10-25)21-16-27-20(15-28-21)17-5-2-1-3-6-17/h1-2,4-5,7-8,15-16H,3,6,9-14H2. The van der Waals surface area contributed by atoms with Gasteiger partial charge in [0.25, 0.3) is 0 Å². The van der Waals surface area contributed by atoms with Gasteiger partial charge in [-0.25, -0.2) is 0 Å². The normalized spacial score (nSPS) is 19.8. The Morgan fingerprint density at radius 2 is 1.79 bits per heavy atom. The van der Waals surface area contributed by atoms with Gasteiger partial charge in [-0.15, -0.1) is 11.8 Å². The van der Waals surface area contributed by atoms with Gasteiger partial charge in [-0.2, -0.15) is 0 Å². The van der Waals surface area contributed by atoms with Crippen LogP contribution >= 0.6 is 35.0 Å². The molecule has 0 unspecified atom stereocenters. The van der Waals surface area contributed by atoms with E-state index in [1.165, 1.54) is 5.57 Å². The Bertz CT molecular complexity index is 838. The summed E-state index contributed by atoms with van der Waals surface area (Å²) < 4.78 is 11.7. The largest absolute Gasteiger partial charge is 0.456 e. The maximum absolute atomic E-state index is 6.25. The molecular weight excluding hydrogens is 427 g/mol. The molecule has 0 atom stereocenters. The first-order valence-electron chi connectivity index (χ1n) is 9.84. The second-order valence-electron chi connectivity index (χ2n) is 7.06. The number of benzene rings is 1. The molecule has 0 saturated carbocycles. The van der Waals surface area contributed by atoms with Crippen molar-refractivity contribution in [2.75, 3.05) is 38.5 Å². The zero-order valence-electron chi connectivity index (χ0n) is 16.2. The molecule has 3 aliphatic rings. The van der Waals surface area contributed by atoms with Gasteiger partial charge in [0.15, 0.2) is 12.0 Å². The van der Waals surface area contributed by atoms with Crippen LogP contribution in [0.3, 0.4) is 0 Å². The molecule has 0 amide bonds. The Hall–Kier alpha value is -1.53. The first-order chi connectivity index (χ1) is 14.2. The number of rotatable bonds is 6. The van der Waals surface area contributed by atoms with E-state index in [1.54, 1.807) is 24.3 Å². The van der Waals surface area contributed by atoms with Gasteiger partial charge >= 0.3 is 0 Å². The van der Waals surface area contributed by atoms with E-state index in [1.807, 2.05) is 18.2 Å². The first kappa shape index (κ1) is 20.7. The van der Waals surface area contributed by atoms with Crippen molar-refractivity contribution in [2.45, 2.75) is 17.7 Å². The highest BCUT2D eigenvalue weighted by Gasteiger charge is 2.22. The van der Waals surface area contributed by atoms with E-state index in [9.17, 15) is 0 Å². The van der Waals surface area contributed by atoms with Crippen molar-refractivity contribution >= 4 is 35.0 Å². The number of nitrogens with zero attached hydrogens (tertiary/aromatic N) is 2.